The Morgan fingerprint density at radius 1 is 1.08 bits per heavy atom. The maximum Gasteiger partial charge on any atom is 0.0946 e. The Hall–Kier alpha value is -0.640. The Bertz CT molecular complexity index is 587. The average molecular weight is 385 g/mol. The summed E-state index contributed by atoms with van der Waals surface area (Å²) in [5.74, 6) is 0. The van der Waals surface area contributed by atoms with Crippen molar-refractivity contribution >= 4 is 35.0 Å². The van der Waals surface area contributed by atoms with E-state index in [4.69, 9.17) is 23.2 Å². The third kappa shape index (κ3) is 7.08. The van der Waals surface area contributed by atoms with Gasteiger partial charge in [0.1, 0.15) is 0 Å². The third-order valence-electron chi connectivity index (χ3n) is 4.05. The molecule has 1 aromatic carbocycles. The van der Waals surface area contributed by atoms with E-state index in [0.29, 0.717) is 15.3 Å². The molecule has 1 aromatic heterocycles. The lowest BCUT2D eigenvalue weighted by Crippen LogP contribution is -2.12. The van der Waals surface area contributed by atoms with Gasteiger partial charge in [0.15, 0.2) is 0 Å². The Morgan fingerprint density at radius 3 is 2.58 bits per heavy atom. The van der Waals surface area contributed by atoms with E-state index in [1.807, 2.05) is 42.6 Å². The standard InChI is InChI=1S/C19H26Cl2N2S/c1-2-3-4-5-6-7-8-17(14-23-12-11-22-15-23)24-16-9-10-18(20)19(21)13-16/h9-13,15,17H,2-8,14H2,1H3. The van der Waals surface area contributed by atoms with Crippen molar-refractivity contribution in [2.24, 2.45) is 0 Å². The topological polar surface area (TPSA) is 17.8 Å². The first-order valence-electron chi connectivity index (χ1n) is 8.76. The van der Waals surface area contributed by atoms with Gasteiger partial charge in [-0.25, -0.2) is 4.98 Å². The van der Waals surface area contributed by atoms with Gasteiger partial charge in [0, 0.05) is 29.1 Å². The van der Waals surface area contributed by atoms with Gasteiger partial charge in [0.05, 0.1) is 16.4 Å². The predicted molar refractivity (Wildman–Crippen MR) is 106 cm³/mol. The van der Waals surface area contributed by atoms with Gasteiger partial charge in [-0.15, -0.1) is 11.8 Å². The molecule has 0 amide bonds. The summed E-state index contributed by atoms with van der Waals surface area (Å²) in [5, 5.41) is 1.76. The monoisotopic (exact) mass is 384 g/mol. The summed E-state index contributed by atoms with van der Waals surface area (Å²) in [7, 11) is 0. The summed E-state index contributed by atoms with van der Waals surface area (Å²) in [4.78, 5) is 5.33. The molecule has 5 heteroatoms. The highest BCUT2D eigenvalue weighted by Gasteiger charge is 2.12. The van der Waals surface area contributed by atoms with Crippen LogP contribution in [-0.2, 0) is 6.54 Å². The van der Waals surface area contributed by atoms with Crippen LogP contribution in [0, 0.1) is 0 Å². The van der Waals surface area contributed by atoms with Gasteiger partial charge in [0.25, 0.3) is 0 Å². The smallest absolute Gasteiger partial charge is 0.0946 e. The number of hydrogen-bond donors (Lipinski definition) is 0. The van der Waals surface area contributed by atoms with Crippen LogP contribution in [0.5, 0.6) is 0 Å². The van der Waals surface area contributed by atoms with Crippen LogP contribution < -0.4 is 0 Å². The van der Waals surface area contributed by atoms with E-state index >= 15 is 0 Å². The molecular formula is C19H26Cl2N2S. The van der Waals surface area contributed by atoms with Crippen LogP contribution in [0.4, 0.5) is 0 Å². The van der Waals surface area contributed by atoms with E-state index in [1.54, 1.807) is 0 Å². The molecule has 132 valence electrons. The molecule has 24 heavy (non-hydrogen) atoms. The number of unbranched alkanes of at least 4 members (excludes halogenated alkanes) is 5. The summed E-state index contributed by atoms with van der Waals surface area (Å²) in [6.45, 7) is 3.23. The normalized spacial score (nSPS) is 12.5. The molecule has 2 aromatic rings. The lowest BCUT2D eigenvalue weighted by atomic mass is 10.1. The van der Waals surface area contributed by atoms with Crippen LogP contribution in [0.2, 0.25) is 10.0 Å². The van der Waals surface area contributed by atoms with Crippen molar-refractivity contribution in [1.82, 2.24) is 9.55 Å². The van der Waals surface area contributed by atoms with Crippen molar-refractivity contribution in [2.45, 2.75) is 68.6 Å². The molecule has 0 saturated heterocycles. The van der Waals surface area contributed by atoms with Crippen molar-refractivity contribution in [2.75, 3.05) is 0 Å². The van der Waals surface area contributed by atoms with Crippen LogP contribution >= 0.6 is 35.0 Å². The summed E-state index contributed by atoms with van der Waals surface area (Å²) < 4.78 is 2.16. The largest absolute Gasteiger partial charge is 0.336 e. The van der Waals surface area contributed by atoms with E-state index in [0.717, 1.165) is 6.54 Å². The van der Waals surface area contributed by atoms with Crippen molar-refractivity contribution in [3.05, 3.63) is 47.0 Å². The maximum atomic E-state index is 6.15. The van der Waals surface area contributed by atoms with Gasteiger partial charge in [-0.2, -0.15) is 0 Å². The summed E-state index contributed by atoms with van der Waals surface area (Å²) in [5.41, 5.74) is 0. The van der Waals surface area contributed by atoms with Crippen molar-refractivity contribution < 1.29 is 0 Å². The molecule has 0 aliphatic heterocycles. The lowest BCUT2D eigenvalue weighted by Gasteiger charge is -2.17. The Morgan fingerprint density at radius 2 is 1.88 bits per heavy atom. The summed E-state index contributed by atoms with van der Waals surface area (Å²) in [6.07, 6.45) is 14.9. The van der Waals surface area contributed by atoms with E-state index in [2.05, 4.69) is 22.5 Å². The molecule has 0 radical (unpaired) electrons. The second kappa shape index (κ2) is 11.1. The minimum atomic E-state index is 0.516. The van der Waals surface area contributed by atoms with Crippen molar-refractivity contribution in [3.8, 4) is 0 Å². The Balaban J connectivity index is 1.88. The fourth-order valence-corrected chi connectivity index (χ4v) is 4.32. The zero-order valence-electron chi connectivity index (χ0n) is 14.3. The number of thioether (sulfide) groups is 1. The van der Waals surface area contributed by atoms with Crippen LogP contribution in [0.15, 0.2) is 41.8 Å². The van der Waals surface area contributed by atoms with Crippen LogP contribution in [-0.4, -0.2) is 14.8 Å². The van der Waals surface area contributed by atoms with Crippen LogP contribution in [0.3, 0.4) is 0 Å². The lowest BCUT2D eigenvalue weighted by molar-refractivity contribution is 0.552. The molecule has 0 bridgehead atoms. The molecular weight excluding hydrogens is 359 g/mol. The van der Waals surface area contributed by atoms with Gasteiger partial charge in [-0.1, -0.05) is 68.7 Å². The quantitative estimate of drug-likeness (QED) is 0.303. The van der Waals surface area contributed by atoms with Gasteiger partial charge < -0.3 is 4.57 Å². The fourth-order valence-electron chi connectivity index (χ4n) is 2.71. The summed E-state index contributed by atoms with van der Waals surface area (Å²) >= 11 is 14.1. The van der Waals surface area contributed by atoms with E-state index < -0.39 is 0 Å². The maximum absolute atomic E-state index is 6.15. The van der Waals surface area contributed by atoms with Crippen molar-refractivity contribution in [3.63, 3.8) is 0 Å². The number of imidazole rings is 1. The zero-order chi connectivity index (χ0) is 17.2. The molecule has 0 aliphatic rings. The molecule has 0 aliphatic carbocycles. The first-order valence-corrected chi connectivity index (χ1v) is 10.4. The third-order valence-corrected chi connectivity index (χ3v) is 6.03. The second-order valence-corrected chi connectivity index (χ2v) is 8.32. The highest BCUT2D eigenvalue weighted by Crippen LogP contribution is 2.32. The van der Waals surface area contributed by atoms with E-state index in [9.17, 15) is 0 Å². The number of hydrogen-bond acceptors (Lipinski definition) is 2. The van der Waals surface area contributed by atoms with Gasteiger partial charge >= 0.3 is 0 Å². The van der Waals surface area contributed by atoms with Gasteiger partial charge in [0.2, 0.25) is 0 Å². The molecule has 2 nitrogen and oxygen atoms in total. The van der Waals surface area contributed by atoms with Crippen LogP contribution in [0.25, 0.3) is 0 Å². The van der Waals surface area contributed by atoms with Crippen LogP contribution in [0.1, 0.15) is 51.9 Å². The number of nitrogens with zero attached hydrogens (tertiary/aromatic N) is 2. The minimum Gasteiger partial charge on any atom is -0.336 e. The molecule has 0 fully saturated rings. The predicted octanol–water partition coefficient (Wildman–Crippen LogP) is 7.10. The van der Waals surface area contributed by atoms with Crippen molar-refractivity contribution in [1.29, 1.82) is 0 Å². The Kier molecular flexibility index (Phi) is 9.08. The van der Waals surface area contributed by atoms with Gasteiger partial charge in [-0.05, 0) is 24.6 Å². The fraction of sp³-hybridized carbons (Fsp3) is 0.526. The number of halogens is 2. The molecule has 0 N–H and O–H groups in total. The molecule has 0 saturated carbocycles. The molecule has 1 atom stereocenters. The van der Waals surface area contributed by atoms with Gasteiger partial charge in [-0.3, -0.25) is 0 Å². The first kappa shape index (κ1) is 19.7. The van der Waals surface area contributed by atoms with E-state index in [1.165, 1.54) is 49.8 Å². The molecule has 1 unspecified atom stereocenters. The minimum absolute atomic E-state index is 0.516. The first-order chi connectivity index (χ1) is 11.7. The number of aromatic nitrogens is 2. The summed E-state index contributed by atoms with van der Waals surface area (Å²) in [6, 6.07) is 5.91. The molecule has 1 heterocycles. The average Bonchev–Trinajstić information content (AvgIpc) is 3.07. The highest BCUT2D eigenvalue weighted by molar-refractivity contribution is 8.00. The number of benzene rings is 1. The SMILES string of the molecule is CCCCCCCCC(Cn1ccnc1)Sc1ccc(Cl)c(Cl)c1. The Labute approximate surface area is 160 Å². The number of rotatable bonds is 11. The molecule has 0 spiro atoms. The van der Waals surface area contributed by atoms with E-state index in [-0.39, 0.29) is 0 Å². The second-order valence-electron chi connectivity index (χ2n) is 6.13. The zero-order valence-corrected chi connectivity index (χ0v) is 16.6. The highest BCUT2D eigenvalue weighted by atomic mass is 35.5. The molecule has 2 rings (SSSR count).